The largest absolute Gasteiger partial charge is 0.497 e. The molecular weight excluding hydrogens is 312 g/mol. The molecule has 0 heterocycles. The maximum atomic E-state index is 12.2. The lowest BCUT2D eigenvalue weighted by atomic mass is 10.2. The lowest BCUT2D eigenvalue weighted by Gasteiger charge is -2.11. The molecule has 24 heavy (non-hydrogen) atoms. The minimum atomic E-state index is -0.587. The first-order chi connectivity index (χ1) is 11.5. The van der Waals surface area contributed by atoms with Gasteiger partial charge in [0.1, 0.15) is 23.1 Å². The van der Waals surface area contributed by atoms with Gasteiger partial charge in [0.2, 0.25) is 5.91 Å². The summed E-state index contributed by atoms with van der Waals surface area (Å²) in [5, 5.41) is 17.1. The highest BCUT2D eigenvalue weighted by molar-refractivity contribution is 6.07. The molecule has 8 heteroatoms. The Balaban J connectivity index is 2.73. The molecule has 0 spiro atoms. The molecular formula is C16H20N4O4. The fourth-order valence-corrected chi connectivity index (χ4v) is 1.73. The minimum absolute atomic E-state index is 0.109. The van der Waals surface area contributed by atoms with Crippen LogP contribution in [0, 0.1) is 11.3 Å². The third kappa shape index (κ3) is 5.88. The number of nitrogens with zero attached hydrogens (tertiary/aromatic N) is 1. The van der Waals surface area contributed by atoms with Gasteiger partial charge in [-0.2, -0.15) is 5.26 Å². The number of benzene rings is 1. The van der Waals surface area contributed by atoms with E-state index >= 15 is 0 Å². The van der Waals surface area contributed by atoms with Crippen molar-refractivity contribution in [3.63, 3.8) is 0 Å². The second-order valence-corrected chi connectivity index (χ2v) is 4.63. The summed E-state index contributed by atoms with van der Waals surface area (Å²) >= 11 is 0. The van der Waals surface area contributed by atoms with Gasteiger partial charge in [-0.05, 0) is 12.1 Å². The van der Waals surface area contributed by atoms with Crippen LogP contribution in [0.25, 0.3) is 0 Å². The van der Waals surface area contributed by atoms with Crippen LogP contribution < -0.4 is 25.4 Å². The molecule has 0 atom stereocenters. The van der Waals surface area contributed by atoms with Crippen LogP contribution in [0.2, 0.25) is 0 Å². The number of carbonyl (C=O) groups is 2. The van der Waals surface area contributed by atoms with E-state index in [0.29, 0.717) is 30.3 Å². The molecule has 128 valence electrons. The first-order valence-electron chi connectivity index (χ1n) is 7.13. The number of nitrogens with one attached hydrogen (secondary N) is 3. The minimum Gasteiger partial charge on any atom is -0.497 e. The smallest absolute Gasteiger partial charge is 0.267 e. The summed E-state index contributed by atoms with van der Waals surface area (Å²) in [5.74, 6) is 0.252. The highest BCUT2D eigenvalue weighted by Crippen LogP contribution is 2.29. The van der Waals surface area contributed by atoms with Crippen LogP contribution in [0.4, 0.5) is 5.69 Å². The van der Waals surface area contributed by atoms with Crippen LogP contribution in [0.5, 0.6) is 11.5 Å². The van der Waals surface area contributed by atoms with Crippen LogP contribution >= 0.6 is 0 Å². The molecule has 1 rings (SSSR count). The van der Waals surface area contributed by atoms with Crippen molar-refractivity contribution in [1.82, 2.24) is 10.6 Å². The second-order valence-electron chi connectivity index (χ2n) is 4.63. The van der Waals surface area contributed by atoms with Crippen molar-refractivity contribution in [2.75, 3.05) is 32.6 Å². The second kappa shape index (κ2) is 9.74. The maximum Gasteiger partial charge on any atom is 0.267 e. The highest BCUT2D eigenvalue weighted by atomic mass is 16.5. The summed E-state index contributed by atoms with van der Waals surface area (Å²) in [4.78, 5) is 22.9. The van der Waals surface area contributed by atoms with E-state index in [-0.39, 0.29) is 11.5 Å². The fraction of sp³-hybridized carbons (Fsp3) is 0.312. The molecule has 0 aliphatic carbocycles. The number of methoxy groups -OCH3 is 2. The van der Waals surface area contributed by atoms with Crippen molar-refractivity contribution in [3.8, 4) is 17.6 Å². The molecule has 0 aliphatic heterocycles. The Labute approximate surface area is 140 Å². The average molecular weight is 332 g/mol. The van der Waals surface area contributed by atoms with Crippen LogP contribution in [0.15, 0.2) is 30.0 Å². The third-order valence-corrected chi connectivity index (χ3v) is 2.91. The number of hydrogen-bond donors (Lipinski definition) is 3. The monoisotopic (exact) mass is 332 g/mol. The van der Waals surface area contributed by atoms with E-state index in [0.717, 1.165) is 0 Å². The Morgan fingerprint density at radius 2 is 2.00 bits per heavy atom. The van der Waals surface area contributed by atoms with Crippen molar-refractivity contribution in [1.29, 1.82) is 5.26 Å². The summed E-state index contributed by atoms with van der Waals surface area (Å²) in [5.41, 5.74) is 0.281. The van der Waals surface area contributed by atoms with E-state index in [9.17, 15) is 9.59 Å². The molecule has 0 fully saturated rings. The molecule has 1 aromatic carbocycles. The predicted molar refractivity (Wildman–Crippen MR) is 88.6 cm³/mol. The van der Waals surface area contributed by atoms with Crippen molar-refractivity contribution in [2.45, 2.75) is 6.92 Å². The standard InChI is InChI=1S/C16H20N4O4/c1-11(21)19-7-6-18-10-12(9-17)16(22)20-14-8-13(23-2)4-5-15(14)24-3/h4-5,8,10,18H,6-7H2,1-3H3,(H,19,21)(H,20,22)/b12-10-. The van der Waals surface area contributed by atoms with Gasteiger partial charge >= 0.3 is 0 Å². The van der Waals surface area contributed by atoms with Gasteiger partial charge in [0.25, 0.3) is 5.91 Å². The number of hydrogen-bond acceptors (Lipinski definition) is 6. The van der Waals surface area contributed by atoms with E-state index in [1.165, 1.54) is 27.3 Å². The molecule has 3 N–H and O–H groups in total. The number of anilines is 1. The van der Waals surface area contributed by atoms with E-state index < -0.39 is 5.91 Å². The molecule has 8 nitrogen and oxygen atoms in total. The van der Waals surface area contributed by atoms with Crippen LogP contribution in [0.3, 0.4) is 0 Å². The highest BCUT2D eigenvalue weighted by Gasteiger charge is 2.13. The van der Waals surface area contributed by atoms with Gasteiger partial charge in [0.05, 0.1) is 19.9 Å². The Morgan fingerprint density at radius 3 is 2.58 bits per heavy atom. The molecule has 1 aromatic rings. The summed E-state index contributed by atoms with van der Waals surface area (Å²) in [6.45, 7) is 2.18. The first-order valence-corrected chi connectivity index (χ1v) is 7.13. The van der Waals surface area contributed by atoms with Gasteiger partial charge in [-0.1, -0.05) is 0 Å². The molecule has 0 aliphatic rings. The normalized spacial score (nSPS) is 10.3. The number of carbonyl (C=O) groups excluding carboxylic acids is 2. The predicted octanol–water partition coefficient (Wildman–Crippen LogP) is 0.775. The zero-order valence-corrected chi connectivity index (χ0v) is 13.8. The molecule has 0 aromatic heterocycles. The molecule has 2 amide bonds. The van der Waals surface area contributed by atoms with Gasteiger partial charge in [0.15, 0.2) is 0 Å². The lowest BCUT2D eigenvalue weighted by molar-refractivity contribution is -0.119. The molecule has 0 saturated heterocycles. The zero-order valence-electron chi connectivity index (χ0n) is 13.8. The van der Waals surface area contributed by atoms with Gasteiger partial charge < -0.3 is 25.4 Å². The van der Waals surface area contributed by atoms with Gasteiger partial charge in [-0.15, -0.1) is 0 Å². The maximum absolute atomic E-state index is 12.2. The van der Waals surface area contributed by atoms with E-state index in [2.05, 4.69) is 16.0 Å². The molecule has 0 radical (unpaired) electrons. The summed E-state index contributed by atoms with van der Waals surface area (Å²) in [6, 6.07) is 6.75. The van der Waals surface area contributed by atoms with Crippen LogP contribution in [-0.2, 0) is 9.59 Å². The molecule has 0 unspecified atom stereocenters. The van der Waals surface area contributed by atoms with Gasteiger partial charge in [-0.25, -0.2) is 0 Å². The Bertz CT molecular complexity index is 665. The topological polar surface area (TPSA) is 112 Å². The average Bonchev–Trinajstić information content (AvgIpc) is 2.57. The van der Waals surface area contributed by atoms with E-state index in [1.807, 2.05) is 6.07 Å². The summed E-state index contributed by atoms with van der Waals surface area (Å²) in [7, 11) is 2.98. The first kappa shape index (κ1) is 18.8. The fourth-order valence-electron chi connectivity index (χ4n) is 1.73. The Morgan fingerprint density at radius 1 is 1.25 bits per heavy atom. The third-order valence-electron chi connectivity index (χ3n) is 2.91. The zero-order chi connectivity index (χ0) is 17.9. The number of ether oxygens (including phenoxy) is 2. The van der Waals surface area contributed by atoms with Crippen molar-refractivity contribution < 1.29 is 19.1 Å². The van der Waals surface area contributed by atoms with Gasteiger partial charge in [-0.3, -0.25) is 9.59 Å². The molecule has 0 bridgehead atoms. The van der Waals surface area contributed by atoms with Gasteiger partial charge in [0, 0.05) is 32.3 Å². The van der Waals surface area contributed by atoms with Crippen LogP contribution in [-0.4, -0.2) is 39.1 Å². The van der Waals surface area contributed by atoms with Crippen molar-refractivity contribution in [2.24, 2.45) is 0 Å². The number of rotatable bonds is 8. The number of nitriles is 1. The summed E-state index contributed by atoms with van der Waals surface area (Å²) < 4.78 is 10.3. The van der Waals surface area contributed by atoms with Crippen LogP contribution in [0.1, 0.15) is 6.92 Å². The summed E-state index contributed by atoms with van der Waals surface area (Å²) in [6.07, 6.45) is 1.30. The van der Waals surface area contributed by atoms with Crippen molar-refractivity contribution >= 4 is 17.5 Å². The quantitative estimate of drug-likeness (QED) is 0.368. The molecule has 0 saturated carbocycles. The lowest BCUT2D eigenvalue weighted by Crippen LogP contribution is -2.28. The SMILES string of the molecule is COc1ccc(OC)c(NC(=O)/C(C#N)=C\NCCNC(C)=O)c1. The van der Waals surface area contributed by atoms with E-state index in [1.54, 1.807) is 18.2 Å². The van der Waals surface area contributed by atoms with Crippen molar-refractivity contribution in [3.05, 3.63) is 30.0 Å². The van der Waals surface area contributed by atoms with E-state index in [4.69, 9.17) is 14.7 Å². The number of amides is 2. The Kier molecular flexibility index (Phi) is 7.64. The Hall–Kier alpha value is -3.21.